The van der Waals surface area contributed by atoms with Gasteiger partial charge in [-0.1, -0.05) is 18.2 Å². The summed E-state index contributed by atoms with van der Waals surface area (Å²) in [7, 11) is 0. The van der Waals surface area contributed by atoms with Crippen molar-refractivity contribution >= 4 is 35.0 Å². The lowest BCUT2D eigenvalue weighted by atomic mass is 10.1. The summed E-state index contributed by atoms with van der Waals surface area (Å²) in [6.07, 6.45) is 3.56. The van der Waals surface area contributed by atoms with Gasteiger partial charge in [0.15, 0.2) is 0 Å². The van der Waals surface area contributed by atoms with Gasteiger partial charge in [0.1, 0.15) is 0 Å². The lowest BCUT2D eigenvalue weighted by Gasteiger charge is -2.23. The second-order valence-corrected chi connectivity index (χ2v) is 7.43. The third kappa shape index (κ3) is 3.04. The number of benzene rings is 2. The van der Waals surface area contributed by atoms with E-state index in [1.807, 2.05) is 30.3 Å². The predicted octanol–water partition coefficient (Wildman–Crippen LogP) is 3.62. The minimum Gasteiger partial charge on any atom is -0.326 e. The Hall–Kier alpha value is -2.27. The molecule has 2 aromatic carbocycles. The summed E-state index contributed by atoms with van der Waals surface area (Å²) in [6, 6.07) is 13.8. The van der Waals surface area contributed by atoms with E-state index in [1.54, 1.807) is 0 Å². The number of hydrogen-bond donors (Lipinski definition) is 2. The molecule has 0 aromatic heterocycles. The molecule has 0 saturated heterocycles. The molecule has 1 heterocycles. The van der Waals surface area contributed by atoms with Crippen LogP contribution in [0.1, 0.15) is 24.0 Å². The van der Waals surface area contributed by atoms with Crippen molar-refractivity contribution in [1.29, 1.82) is 0 Å². The molecule has 0 saturated carbocycles. The monoisotopic (exact) mass is 338 g/mol. The van der Waals surface area contributed by atoms with E-state index < -0.39 is 5.25 Å². The van der Waals surface area contributed by atoms with Crippen molar-refractivity contribution in [3.63, 3.8) is 0 Å². The summed E-state index contributed by atoms with van der Waals surface area (Å²) in [5, 5.41) is 5.41. The van der Waals surface area contributed by atoms with Gasteiger partial charge in [0, 0.05) is 17.0 Å². The molecular weight excluding hydrogens is 320 g/mol. The Morgan fingerprint density at radius 1 is 1.17 bits per heavy atom. The van der Waals surface area contributed by atoms with Gasteiger partial charge < -0.3 is 10.6 Å². The summed E-state index contributed by atoms with van der Waals surface area (Å²) >= 11 is 1.45. The highest BCUT2D eigenvalue weighted by molar-refractivity contribution is 8.01. The van der Waals surface area contributed by atoms with E-state index in [0.29, 0.717) is 0 Å². The van der Waals surface area contributed by atoms with Crippen LogP contribution >= 0.6 is 11.8 Å². The molecule has 0 bridgehead atoms. The van der Waals surface area contributed by atoms with E-state index in [9.17, 15) is 9.59 Å². The average molecular weight is 338 g/mol. The molecule has 2 aliphatic rings. The fourth-order valence-corrected chi connectivity index (χ4v) is 4.37. The molecule has 2 amide bonds. The van der Waals surface area contributed by atoms with Gasteiger partial charge >= 0.3 is 0 Å². The first-order valence-electron chi connectivity index (χ1n) is 8.17. The molecule has 4 rings (SSSR count). The van der Waals surface area contributed by atoms with Crippen LogP contribution < -0.4 is 10.6 Å². The number of rotatable bonds is 3. The maximum Gasteiger partial charge on any atom is 0.238 e. The van der Waals surface area contributed by atoms with E-state index in [4.69, 9.17) is 0 Å². The van der Waals surface area contributed by atoms with Crippen molar-refractivity contribution in [2.24, 2.45) is 0 Å². The summed E-state index contributed by atoms with van der Waals surface area (Å²) in [4.78, 5) is 25.5. The molecule has 1 atom stereocenters. The standard InChI is InChI=1S/C19H18N2O2S/c22-18(20-14-9-8-12-4-3-5-13(12)10-14)11-17-19(23)21-15-6-1-2-7-16(15)24-17/h1-2,6-10,17H,3-5,11H2,(H,20,22)(H,21,23). The topological polar surface area (TPSA) is 58.2 Å². The summed E-state index contributed by atoms with van der Waals surface area (Å²) < 4.78 is 0. The van der Waals surface area contributed by atoms with E-state index >= 15 is 0 Å². The maximum atomic E-state index is 12.3. The minimum absolute atomic E-state index is 0.109. The van der Waals surface area contributed by atoms with Crippen LogP contribution in [0.5, 0.6) is 0 Å². The smallest absolute Gasteiger partial charge is 0.238 e. The number of amides is 2. The molecule has 4 nitrogen and oxygen atoms in total. The Morgan fingerprint density at radius 2 is 2.00 bits per heavy atom. The fraction of sp³-hybridized carbons (Fsp3) is 0.263. The zero-order chi connectivity index (χ0) is 16.5. The van der Waals surface area contributed by atoms with Gasteiger partial charge in [-0.3, -0.25) is 9.59 Å². The van der Waals surface area contributed by atoms with Crippen molar-refractivity contribution in [2.45, 2.75) is 35.8 Å². The Morgan fingerprint density at radius 3 is 2.92 bits per heavy atom. The fourth-order valence-electron chi connectivity index (χ4n) is 3.26. The third-order valence-electron chi connectivity index (χ3n) is 4.46. The van der Waals surface area contributed by atoms with Crippen molar-refractivity contribution in [1.82, 2.24) is 0 Å². The van der Waals surface area contributed by atoms with Gasteiger partial charge in [0.2, 0.25) is 11.8 Å². The van der Waals surface area contributed by atoms with Gasteiger partial charge in [-0.05, 0) is 54.7 Å². The van der Waals surface area contributed by atoms with Crippen molar-refractivity contribution in [3.05, 3.63) is 53.6 Å². The van der Waals surface area contributed by atoms with Crippen LogP contribution in [0.4, 0.5) is 11.4 Å². The van der Waals surface area contributed by atoms with Crippen LogP contribution in [-0.2, 0) is 22.4 Å². The minimum atomic E-state index is -0.394. The van der Waals surface area contributed by atoms with Crippen LogP contribution in [0.2, 0.25) is 0 Å². The number of anilines is 2. The summed E-state index contributed by atoms with van der Waals surface area (Å²) in [5.41, 5.74) is 4.35. The normalized spacial score (nSPS) is 18.5. The maximum absolute atomic E-state index is 12.3. The number of nitrogens with one attached hydrogen (secondary N) is 2. The first-order valence-corrected chi connectivity index (χ1v) is 9.05. The highest BCUT2D eigenvalue weighted by Gasteiger charge is 2.28. The van der Waals surface area contributed by atoms with Gasteiger partial charge in [-0.25, -0.2) is 0 Å². The Bertz CT molecular complexity index is 819. The summed E-state index contributed by atoms with van der Waals surface area (Å²) in [6.45, 7) is 0. The number of carbonyl (C=O) groups is 2. The molecule has 0 radical (unpaired) electrons. The molecule has 0 fully saturated rings. The van der Waals surface area contributed by atoms with Crippen molar-refractivity contribution in [2.75, 3.05) is 10.6 Å². The summed E-state index contributed by atoms with van der Waals surface area (Å²) in [5.74, 6) is -0.234. The van der Waals surface area contributed by atoms with Gasteiger partial charge in [-0.15, -0.1) is 11.8 Å². The Labute approximate surface area is 145 Å². The SMILES string of the molecule is O=C(CC1Sc2ccccc2NC1=O)Nc1ccc2c(c1)CCC2. The molecule has 122 valence electrons. The molecule has 1 aliphatic heterocycles. The molecule has 1 unspecified atom stereocenters. The number of aryl methyl sites for hydroxylation is 2. The molecule has 5 heteroatoms. The lowest BCUT2D eigenvalue weighted by Crippen LogP contribution is -2.32. The van der Waals surface area contributed by atoms with Gasteiger partial charge in [0.05, 0.1) is 10.9 Å². The van der Waals surface area contributed by atoms with Crippen LogP contribution in [0.3, 0.4) is 0 Å². The third-order valence-corrected chi connectivity index (χ3v) is 5.73. The molecule has 2 N–H and O–H groups in total. The first kappa shape index (κ1) is 15.3. The molecule has 24 heavy (non-hydrogen) atoms. The van der Waals surface area contributed by atoms with Crippen molar-refractivity contribution in [3.8, 4) is 0 Å². The Kier molecular flexibility index (Phi) is 4.02. The second kappa shape index (κ2) is 6.32. The average Bonchev–Trinajstić information content (AvgIpc) is 3.03. The zero-order valence-corrected chi connectivity index (χ0v) is 14.0. The number of fused-ring (bicyclic) bond motifs is 2. The number of hydrogen-bond acceptors (Lipinski definition) is 3. The number of para-hydroxylation sites is 1. The van der Waals surface area contributed by atoms with E-state index in [0.717, 1.165) is 29.1 Å². The molecule has 2 aromatic rings. The second-order valence-electron chi connectivity index (χ2n) is 6.18. The van der Waals surface area contributed by atoms with Crippen LogP contribution in [0.15, 0.2) is 47.4 Å². The number of carbonyl (C=O) groups excluding carboxylic acids is 2. The zero-order valence-electron chi connectivity index (χ0n) is 13.2. The largest absolute Gasteiger partial charge is 0.326 e. The molecule has 0 spiro atoms. The van der Waals surface area contributed by atoms with E-state index in [2.05, 4.69) is 22.8 Å². The van der Waals surface area contributed by atoms with Crippen LogP contribution in [-0.4, -0.2) is 17.1 Å². The van der Waals surface area contributed by atoms with Crippen LogP contribution in [0, 0.1) is 0 Å². The quantitative estimate of drug-likeness (QED) is 0.899. The highest BCUT2D eigenvalue weighted by Crippen LogP contribution is 2.36. The first-order chi connectivity index (χ1) is 11.7. The number of thioether (sulfide) groups is 1. The molecular formula is C19H18N2O2S. The van der Waals surface area contributed by atoms with E-state index in [1.165, 1.54) is 29.3 Å². The highest BCUT2D eigenvalue weighted by atomic mass is 32.2. The van der Waals surface area contributed by atoms with Gasteiger partial charge in [-0.2, -0.15) is 0 Å². The van der Waals surface area contributed by atoms with Crippen molar-refractivity contribution < 1.29 is 9.59 Å². The lowest BCUT2D eigenvalue weighted by molar-refractivity contribution is -0.120. The van der Waals surface area contributed by atoms with Gasteiger partial charge in [0.25, 0.3) is 0 Å². The van der Waals surface area contributed by atoms with E-state index in [-0.39, 0.29) is 18.2 Å². The Balaban J connectivity index is 1.42. The predicted molar refractivity (Wildman–Crippen MR) is 96.4 cm³/mol. The molecule has 1 aliphatic carbocycles. The van der Waals surface area contributed by atoms with Crippen LogP contribution in [0.25, 0.3) is 0 Å².